The predicted molar refractivity (Wildman–Crippen MR) is 52.9 cm³/mol. The van der Waals surface area contributed by atoms with Gasteiger partial charge < -0.3 is 14.9 Å². The molecule has 0 amide bonds. The highest BCUT2D eigenvalue weighted by atomic mass is 17.2. The molecule has 1 rings (SSSR count). The van der Waals surface area contributed by atoms with Crippen LogP contribution in [0.5, 0.6) is 11.5 Å². The topological polar surface area (TPSA) is 85.2 Å². The molecule has 0 spiro atoms. The summed E-state index contributed by atoms with van der Waals surface area (Å²) in [7, 11) is 2.50. The Morgan fingerprint density at radius 3 is 2.50 bits per heavy atom. The minimum atomic E-state index is -0.730. The number of phenols is 2. The summed E-state index contributed by atoms with van der Waals surface area (Å²) in [6.45, 7) is -0.0443. The van der Waals surface area contributed by atoms with Gasteiger partial charge in [-0.1, -0.05) is 6.07 Å². The number of phenolic OH excluding ortho intramolecular Hbond substituents is 2. The van der Waals surface area contributed by atoms with Crippen molar-refractivity contribution < 1.29 is 29.5 Å². The number of methoxy groups -OCH3 is 1. The minimum Gasteiger partial charge on any atom is -0.504 e. The smallest absolute Gasteiger partial charge is 0.341 e. The molecule has 6 nitrogen and oxygen atoms in total. The average molecular weight is 228 g/mol. The summed E-state index contributed by atoms with van der Waals surface area (Å²) in [5.41, 5.74) is 0.188. The van der Waals surface area contributed by atoms with Gasteiger partial charge in [0.15, 0.2) is 11.5 Å². The summed E-state index contributed by atoms with van der Waals surface area (Å²) in [6, 6.07) is 2.76. The molecule has 1 aromatic carbocycles. The van der Waals surface area contributed by atoms with E-state index in [1.807, 2.05) is 0 Å². The minimum absolute atomic E-state index is 0.0443. The molecule has 0 fully saturated rings. The molecule has 0 atom stereocenters. The molecule has 0 saturated heterocycles. The molecule has 16 heavy (non-hydrogen) atoms. The van der Waals surface area contributed by atoms with Crippen molar-refractivity contribution in [3.05, 3.63) is 23.3 Å². The van der Waals surface area contributed by atoms with E-state index >= 15 is 0 Å². The van der Waals surface area contributed by atoms with E-state index in [1.165, 1.54) is 26.4 Å². The maximum Gasteiger partial charge on any atom is 0.341 e. The molecular formula is C10H12O6. The maximum absolute atomic E-state index is 11.2. The van der Waals surface area contributed by atoms with Crippen LogP contribution in [0.2, 0.25) is 0 Å². The van der Waals surface area contributed by atoms with Crippen LogP contribution in [-0.2, 0) is 21.1 Å². The van der Waals surface area contributed by atoms with Gasteiger partial charge in [-0.15, -0.1) is 0 Å². The Kier molecular flexibility index (Phi) is 4.10. The van der Waals surface area contributed by atoms with Crippen LogP contribution in [-0.4, -0.2) is 30.4 Å². The van der Waals surface area contributed by atoms with Gasteiger partial charge in [0, 0.05) is 5.56 Å². The van der Waals surface area contributed by atoms with Gasteiger partial charge in [0.2, 0.25) is 0 Å². The number of carbonyl (C=O) groups is 1. The van der Waals surface area contributed by atoms with Crippen LogP contribution in [0.3, 0.4) is 0 Å². The van der Waals surface area contributed by atoms with Gasteiger partial charge in [0.1, 0.15) is 12.2 Å². The largest absolute Gasteiger partial charge is 0.504 e. The number of ether oxygens (including phenoxy) is 1. The number of hydrogen-bond acceptors (Lipinski definition) is 6. The molecular weight excluding hydrogens is 216 g/mol. The van der Waals surface area contributed by atoms with Gasteiger partial charge in [0.05, 0.1) is 14.2 Å². The van der Waals surface area contributed by atoms with Crippen molar-refractivity contribution in [2.75, 3.05) is 14.2 Å². The first-order valence-electron chi connectivity index (χ1n) is 4.39. The lowest BCUT2D eigenvalue weighted by molar-refractivity contribution is -0.282. The molecule has 2 N–H and O–H groups in total. The highest BCUT2D eigenvalue weighted by Gasteiger charge is 2.17. The molecule has 1 aromatic rings. The van der Waals surface area contributed by atoms with Gasteiger partial charge in [-0.25, -0.2) is 14.6 Å². The fourth-order valence-electron chi connectivity index (χ4n) is 1.13. The number of carbonyl (C=O) groups excluding carboxylic acids is 1. The Labute approximate surface area is 91.9 Å². The van der Waals surface area contributed by atoms with Crippen LogP contribution >= 0.6 is 0 Å². The third-order valence-electron chi connectivity index (χ3n) is 1.97. The van der Waals surface area contributed by atoms with Crippen molar-refractivity contribution in [3.63, 3.8) is 0 Å². The summed E-state index contributed by atoms with van der Waals surface area (Å²) >= 11 is 0. The highest BCUT2D eigenvalue weighted by Crippen LogP contribution is 2.33. The number of aromatic hydroxyl groups is 2. The lowest BCUT2D eigenvalue weighted by atomic mass is 10.1. The Balaban J connectivity index is 3.03. The van der Waals surface area contributed by atoms with Crippen molar-refractivity contribution >= 4 is 5.97 Å². The van der Waals surface area contributed by atoms with Gasteiger partial charge in [0.25, 0.3) is 0 Å². The zero-order valence-corrected chi connectivity index (χ0v) is 8.89. The van der Waals surface area contributed by atoms with Crippen molar-refractivity contribution in [2.24, 2.45) is 0 Å². The van der Waals surface area contributed by atoms with E-state index in [-0.39, 0.29) is 12.2 Å². The van der Waals surface area contributed by atoms with Crippen LogP contribution in [0, 0.1) is 0 Å². The first kappa shape index (κ1) is 12.3. The van der Waals surface area contributed by atoms with Crippen molar-refractivity contribution in [1.29, 1.82) is 0 Å². The van der Waals surface area contributed by atoms with E-state index in [0.717, 1.165) is 0 Å². The highest BCUT2D eigenvalue weighted by molar-refractivity contribution is 5.93. The molecule has 0 bridgehead atoms. The van der Waals surface area contributed by atoms with Crippen LogP contribution < -0.4 is 0 Å². The fraction of sp³-hybridized carbons (Fsp3) is 0.300. The molecule has 0 aliphatic rings. The number of hydrogen-bond donors (Lipinski definition) is 2. The molecule has 0 aliphatic heterocycles. The van der Waals surface area contributed by atoms with Gasteiger partial charge in [-0.3, -0.25) is 0 Å². The van der Waals surface area contributed by atoms with Crippen LogP contribution in [0.1, 0.15) is 15.9 Å². The summed E-state index contributed by atoms with van der Waals surface area (Å²) in [4.78, 5) is 20.1. The third-order valence-corrected chi connectivity index (χ3v) is 1.97. The number of esters is 1. The monoisotopic (exact) mass is 228 g/mol. The molecule has 6 heteroatoms. The van der Waals surface area contributed by atoms with E-state index in [9.17, 15) is 15.0 Å². The van der Waals surface area contributed by atoms with E-state index in [4.69, 9.17) is 0 Å². The van der Waals surface area contributed by atoms with Crippen molar-refractivity contribution in [3.8, 4) is 11.5 Å². The van der Waals surface area contributed by atoms with E-state index in [2.05, 4.69) is 14.5 Å². The summed E-state index contributed by atoms with van der Waals surface area (Å²) < 4.78 is 4.43. The second-order valence-electron chi connectivity index (χ2n) is 2.89. The Morgan fingerprint density at radius 2 is 1.94 bits per heavy atom. The molecule has 0 heterocycles. The second kappa shape index (κ2) is 5.34. The average Bonchev–Trinajstić information content (AvgIpc) is 2.30. The second-order valence-corrected chi connectivity index (χ2v) is 2.89. The Bertz CT molecular complexity index is 387. The quantitative estimate of drug-likeness (QED) is 0.345. The molecule has 0 unspecified atom stereocenters. The standard InChI is InChI=1S/C10H12O6/c1-14-10(13)7-4-3-6(5-16-15-2)8(11)9(7)12/h3-4,11-12H,5H2,1-2H3. The lowest BCUT2D eigenvalue weighted by Gasteiger charge is -2.08. The van der Waals surface area contributed by atoms with Gasteiger partial charge in [-0.2, -0.15) is 0 Å². The molecule has 0 saturated carbocycles. The fourth-order valence-corrected chi connectivity index (χ4v) is 1.13. The normalized spacial score (nSPS) is 10.1. The number of rotatable bonds is 4. The maximum atomic E-state index is 11.2. The molecule has 88 valence electrons. The van der Waals surface area contributed by atoms with Crippen molar-refractivity contribution in [1.82, 2.24) is 0 Å². The zero-order valence-electron chi connectivity index (χ0n) is 8.89. The van der Waals surface area contributed by atoms with Crippen LogP contribution in [0.25, 0.3) is 0 Å². The Morgan fingerprint density at radius 1 is 1.25 bits per heavy atom. The third kappa shape index (κ3) is 2.41. The van der Waals surface area contributed by atoms with Crippen LogP contribution in [0.15, 0.2) is 12.1 Å². The van der Waals surface area contributed by atoms with E-state index < -0.39 is 17.5 Å². The summed E-state index contributed by atoms with van der Waals surface area (Å²) in [5.74, 6) is -1.70. The van der Waals surface area contributed by atoms with E-state index in [1.54, 1.807) is 0 Å². The predicted octanol–water partition coefficient (Wildman–Crippen LogP) is 0.962. The van der Waals surface area contributed by atoms with E-state index in [0.29, 0.717) is 5.56 Å². The number of benzene rings is 1. The van der Waals surface area contributed by atoms with Crippen LogP contribution in [0.4, 0.5) is 0 Å². The lowest BCUT2D eigenvalue weighted by Crippen LogP contribution is -2.02. The van der Waals surface area contributed by atoms with Gasteiger partial charge >= 0.3 is 5.97 Å². The molecule has 0 aromatic heterocycles. The first-order valence-corrected chi connectivity index (χ1v) is 4.39. The molecule has 0 aliphatic carbocycles. The zero-order chi connectivity index (χ0) is 12.1. The SMILES string of the molecule is COOCc1ccc(C(=O)OC)c(O)c1O. The Hall–Kier alpha value is -1.79. The first-order chi connectivity index (χ1) is 7.61. The molecule has 0 radical (unpaired) electrons. The summed E-state index contributed by atoms with van der Waals surface area (Å²) in [6.07, 6.45) is 0. The summed E-state index contributed by atoms with van der Waals surface area (Å²) in [5, 5.41) is 19.1. The van der Waals surface area contributed by atoms with Crippen molar-refractivity contribution in [2.45, 2.75) is 6.61 Å². The van der Waals surface area contributed by atoms with Gasteiger partial charge in [-0.05, 0) is 6.07 Å².